The van der Waals surface area contributed by atoms with Crippen molar-refractivity contribution in [1.82, 2.24) is 28.7 Å². The van der Waals surface area contributed by atoms with E-state index in [1.165, 1.54) is 24.5 Å². The highest BCUT2D eigenvalue weighted by Gasteiger charge is 2.36. The molecule has 2 aromatic carbocycles. The van der Waals surface area contributed by atoms with Gasteiger partial charge in [-0.2, -0.15) is 10.2 Å². The summed E-state index contributed by atoms with van der Waals surface area (Å²) in [5.41, 5.74) is 3.28. The first kappa shape index (κ1) is 32.8. The quantitative estimate of drug-likeness (QED) is 0.216. The van der Waals surface area contributed by atoms with Crippen molar-refractivity contribution in [3.63, 3.8) is 0 Å². The normalized spacial score (nSPS) is 16.5. The summed E-state index contributed by atoms with van der Waals surface area (Å²) in [4.78, 5) is 47.5. The lowest BCUT2D eigenvalue weighted by Crippen LogP contribution is -2.35. The number of aromatic carboxylic acids is 2. The molecule has 6 aromatic rings. The Kier molecular flexibility index (Phi) is 7.47. The van der Waals surface area contributed by atoms with Gasteiger partial charge >= 0.3 is 11.9 Å². The summed E-state index contributed by atoms with van der Waals surface area (Å²) in [5.74, 6) is -2.39. The Hall–Kier alpha value is -5.78. The van der Waals surface area contributed by atoms with E-state index in [4.69, 9.17) is 0 Å². The summed E-state index contributed by atoms with van der Waals surface area (Å²) in [7, 11) is 0. The predicted molar refractivity (Wildman–Crippen MR) is 190 cm³/mol. The average molecular weight is 675 g/mol. The maximum atomic E-state index is 12.3. The number of carbonyl (C=O) groups is 2. The van der Waals surface area contributed by atoms with Gasteiger partial charge in [-0.15, -0.1) is 0 Å². The van der Waals surface area contributed by atoms with Gasteiger partial charge < -0.3 is 19.3 Å². The molecule has 0 saturated carbocycles. The van der Waals surface area contributed by atoms with E-state index in [0.717, 1.165) is 44.6 Å². The van der Waals surface area contributed by atoms with Crippen LogP contribution in [0.1, 0.15) is 74.3 Å². The van der Waals surface area contributed by atoms with Crippen LogP contribution < -0.4 is 10.9 Å². The van der Waals surface area contributed by atoms with Crippen LogP contribution in [0.15, 0.2) is 82.6 Å². The lowest BCUT2D eigenvalue weighted by atomic mass is 9.85. The lowest BCUT2D eigenvalue weighted by Gasteiger charge is -2.38. The number of aromatic nitrogens is 6. The smallest absolute Gasteiger partial charge is 0.341 e. The minimum Gasteiger partial charge on any atom is -0.477 e. The molecule has 12 heteroatoms. The molecule has 0 bridgehead atoms. The van der Waals surface area contributed by atoms with E-state index in [2.05, 4.69) is 51.7 Å². The van der Waals surface area contributed by atoms with E-state index in [1.807, 2.05) is 67.0 Å². The van der Waals surface area contributed by atoms with Gasteiger partial charge in [0, 0.05) is 35.3 Å². The zero-order valence-electron chi connectivity index (χ0n) is 28.7. The summed E-state index contributed by atoms with van der Waals surface area (Å²) in [6.45, 7) is 13.9. The van der Waals surface area contributed by atoms with Crippen LogP contribution in [-0.2, 0) is 13.1 Å². The van der Waals surface area contributed by atoms with E-state index in [-0.39, 0.29) is 34.0 Å². The first-order valence-electron chi connectivity index (χ1n) is 16.5. The van der Waals surface area contributed by atoms with Crippen LogP contribution in [0.3, 0.4) is 0 Å². The Morgan fingerprint density at radius 3 is 1.34 bits per heavy atom. The van der Waals surface area contributed by atoms with Crippen molar-refractivity contribution in [2.45, 2.75) is 66.7 Å². The molecule has 0 unspecified atom stereocenters. The molecule has 0 fully saturated rings. The van der Waals surface area contributed by atoms with Crippen molar-refractivity contribution < 1.29 is 19.8 Å². The topological polar surface area (TPSA) is 154 Å². The molecule has 0 spiro atoms. The van der Waals surface area contributed by atoms with Crippen LogP contribution in [0.2, 0.25) is 0 Å². The zero-order chi connectivity index (χ0) is 35.9. The standard InChI is InChI=1S/2C19H19N3O3/c2*1-19(2,3)16-10-22-17(11-6-4-5-7-13(11)20-22)14-8-15(23)12(18(24)25)9-21(14)16/h2*4-9,16H,10H2,1-3H3,(H,24,25)/t2*16-/m10/s1. The molecule has 6 heterocycles. The van der Waals surface area contributed by atoms with Crippen LogP contribution >= 0.6 is 0 Å². The van der Waals surface area contributed by atoms with Crippen LogP contribution in [0.25, 0.3) is 44.6 Å². The zero-order valence-corrected chi connectivity index (χ0v) is 28.7. The Balaban J connectivity index is 0.000000157. The summed E-state index contributed by atoms with van der Waals surface area (Å²) >= 11 is 0. The minimum atomic E-state index is -1.20. The summed E-state index contributed by atoms with van der Waals surface area (Å²) in [6, 6.07) is 18.4. The highest BCUT2D eigenvalue weighted by molar-refractivity contribution is 5.95. The second-order valence-electron chi connectivity index (χ2n) is 15.2. The van der Waals surface area contributed by atoms with Crippen LogP contribution in [0.4, 0.5) is 0 Å². The fourth-order valence-electron chi connectivity index (χ4n) is 7.17. The summed E-state index contributed by atoms with van der Waals surface area (Å²) in [6.07, 6.45) is 2.97. The molecule has 12 nitrogen and oxygen atoms in total. The fourth-order valence-corrected chi connectivity index (χ4v) is 7.17. The van der Waals surface area contributed by atoms with Gasteiger partial charge in [0.15, 0.2) is 10.9 Å². The van der Waals surface area contributed by atoms with E-state index in [1.54, 1.807) is 0 Å². The predicted octanol–water partition coefficient (Wildman–Crippen LogP) is 6.33. The first-order chi connectivity index (χ1) is 23.5. The van der Waals surface area contributed by atoms with Crippen LogP contribution in [0.5, 0.6) is 0 Å². The first-order valence-corrected chi connectivity index (χ1v) is 16.5. The van der Waals surface area contributed by atoms with Gasteiger partial charge in [0.05, 0.1) is 59.0 Å². The maximum Gasteiger partial charge on any atom is 0.341 e. The summed E-state index contributed by atoms with van der Waals surface area (Å²) in [5, 5.41) is 30.0. The number of carboxylic acid groups (broad SMARTS) is 2. The number of pyridine rings is 2. The molecule has 256 valence electrons. The third-order valence-electron chi connectivity index (χ3n) is 9.76. The van der Waals surface area contributed by atoms with Crippen LogP contribution in [-0.4, -0.2) is 50.8 Å². The number of rotatable bonds is 2. The second kappa shape index (κ2) is 11.4. The molecule has 4 aromatic heterocycles. The van der Waals surface area contributed by atoms with Gasteiger partial charge in [0.2, 0.25) is 0 Å². The highest BCUT2D eigenvalue weighted by Crippen LogP contribution is 2.43. The minimum absolute atomic E-state index is 0.0111. The molecule has 2 N–H and O–H groups in total. The molecule has 2 aliphatic heterocycles. The number of carboxylic acids is 2. The van der Waals surface area contributed by atoms with Crippen molar-refractivity contribution in [2.75, 3.05) is 0 Å². The monoisotopic (exact) mass is 674 g/mol. The maximum absolute atomic E-state index is 12.3. The number of hydrogen-bond donors (Lipinski definition) is 2. The molecule has 2 atom stereocenters. The summed E-state index contributed by atoms with van der Waals surface area (Å²) < 4.78 is 7.76. The Morgan fingerprint density at radius 2 is 1.00 bits per heavy atom. The Bertz CT molecular complexity index is 2310. The van der Waals surface area contributed by atoms with Crippen molar-refractivity contribution >= 4 is 33.7 Å². The SMILES string of the molecule is CC(C)(C)[C@@H]1Cn2nc3ccccc3c2-c2cc(=O)c(C(=O)O)cn21.CC(C)(C)[C@H]1Cn2nc3ccccc3c2-c2cc(=O)c(C(=O)O)cn21. The van der Waals surface area contributed by atoms with Crippen LogP contribution in [0, 0.1) is 10.8 Å². The number of benzene rings is 2. The van der Waals surface area contributed by atoms with Gasteiger partial charge in [0.1, 0.15) is 11.1 Å². The third kappa shape index (κ3) is 5.31. The van der Waals surface area contributed by atoms with E-state index in [9.17, 15) is 29.4 Å². The third-order valence-corrected chi connectivity index (χ3v) is 9.76. The van der Waals surface area contributed by atoms with Crippen molar-refractivity contribution in [3.8, 4) is 22.8 Å². The number of fused-ring (bicyclic) bond motifs is 10. The lowest BCUT2D eigenvalue weighted by molar-refractivity contribution is 0.0682. The molecule has 8 rings (SSSR count). The van der Waals surface area contributed by atoms with Crippen molar-refractivity contribution in [3.05, 3.63) is 105 Å². The molecule has 50 heavy (non-hydrogen) atoms. The fraction of sp³-hybridized carbons (Fsp3) is 0.316. The van der Waals surface area contributed by atoms with Crippen molar-refractivity contribution in [2.24, 2.45) is 10.8 Å². The molecule has 0 saturated heterocycles. The largest absolute Gasteiger partial charge is 0.477 e. The molecular weight excluding hydrogens is 636 g/mol. The van der Waals surface area contributed by atoms with Gasteiger partial charge in [-0.1, -0.05) is 77.9 Å². The van der Waals surface area contributed by atoms with E-state index < -0.39 is 22.8 Å². The number of hydrogen-bond acceptors (Lipinski definition) is 6. The highest BCUT2D eigenvalue weighted by atomic mass is 16.4. The molecule has 0 radical (unpaired) electrons. The molecular formula is C38H38N6O6. The Morgan fingerprint density at radius 1 is 0.640 bits per heavy atom. The number of nitrogens with zero attached hydrogens (tertiary/aromatic N) is 6. The van der Waals surface area contributed by atoms with Gasteiger partial charge in [-0.05, 0) is 23.0 Å². The van der Waals surface area contributed by atoms with Gasteiger partial charge in [-0.3, -0.25) is 19.0 Å². The second-order valence-corrected chi connectivity index (χ2v) is 15.2. The Labute approximate surface area is 286 Å². The van der Waals surface area contributed by atoms with E-state index >= 15 is 0 Å². The van der Waals surface area contributed by atoms with E-state index in [0.29, 0.717) is 13.1 Å². The average Bonchev–Trinajstić information content (AvgIpc) is 3.61. The molecule has 2 aliphatic rings. The van der Waals surface area contributed by atoms with Crippen molar-refractivity contribution in [1.29, 1.82) is 0 Å². The molecule has 0 amide bonds. The molecule has 0 aliphatic carbocycles. The van der Waals surface area contributed by atoms with Gasteiger partial charge in [-0.25, -0.2) is 9.59 Å². The van der Waals surface area contributed by atoms with Gasteiger partial charge in [0.25, 0.3) is 0 Å².